The van der Waals surface area contributed by atoms with E-state index in [0.29, 0.717) is 19.4 Å². The lowest BCUT2D eigenvalue weighted by molar-refractivity contribution is -0.133. The largest absolute Gasteiger partial charge is 0.375 e. The first-order valence-corrected chi connectivity index (χ1v) is 6.62. The van der Waals surface area contributed by atoms with E-state index in [4.69, 9.17) is 10.5 Å². The van der Waals surface area contributed by atoms with Crippen molar-refractivity contribution in [2.75, 3.05) is 11.9 Å². The number of rotatable bonds is 3. The first kappa shape index (κ1) is 13.9. The molecule has 2 rings (SSSR count). The monoisotopic (exact) mass is 262 g/mol. The van der Waals surface area contributed by atoms with Crippen LogP contribution in [0.25, 0.3) is 0 Å². The first-order valence-electron chi connectivity index (χ1n) is 6.62. The lowest BCUT2D eigenvalue weighted by Crippen LogP contribution is -2.58. The van der Waals surface area contributed by atoms with Crippen molar-refractivity contribution in [1.82, 2.24) is 0 Å². The maximum Gasteiger partial charge on any atom is 0.243 e. The van der Waals surface area contributed by atoms with Crippen molar-refractivity contribution < 1.29 is 9.53 Å². The van der Waals surface area contributed by atoms with Crippen LogP contribution in [0.1, 0.15) is 32.3 Å². The number of hydrogen-bond donors (Lipinski definition) is 2. The molecule has 0 saturated carbocycles. The molecule has 1 unspecified atom stereocenters. The Balaban J connectivity index is 2.31. The zero-order valence-electron chi connectivity index (χ0n) is 11.8. The van der Waals surface area contributed by atoms with Crippen molar-refractivity contribution in [2.24, 2.45) is 5.73 Å². The van der Waals surface area contributed by atoms with Crippen LogP contribution < -0.4 is 11.1 Å². The number of amides is 1. The summed E-state index contributed by atoms with van der Waals surface area (Å²) in [7, 11) is 0. The molecule has 0 spiro atoms. The minimum atomic E-state index is -0.728. The number of aryl methyl sites for hydroxylation is 1. The minimum Gasteiger partial charge on any atom is -0.375 e. The number of primary amides is 1. The normalized spacial score (nSPS) is 25.8. The number of nitrogens with one attached hydrogen (secondary N) is 1. The molecule has 1 fully saturated rings. The molecular weight excluding hydrogens is 240 g/mol. The van der Waals surface area contributed by atoms with Crippen molar-refractivity contribution in [3.8, 4) is 0 Å². The van der Waals surface area contributed by atoms with Gasteiger partial charge in [-0.15, -0.1) is 0 Å². The molecule has 1 aliphatic heterocycles. The highest BCUT2D eigenvalue weighted by atomic mass is 16.5. The minimum absolute atomic E-state index is 0.313. The molecule has 1 amide bonds. The van der Waals surface area contributed by atoms with Crippen LogP contribution in [0.4, 0.5) is 5.69 Å². The van der Waals surface area contributed by atoms with Gasteiger partial charge in [0.15, 0.2) is 0 Å². The lowest BCUT2D eigenvalue weighted by atomic mass is 9.80. The molecule has 1 saturated heterocycles. The fourth-order valence-corrected chi connectivity index (χ4v) is 2.72. The van der Waals surface area contributed by atoms with Crippen molar-refractivity contribution >= 4 is 11.6 Å². The number of hydrogen-bond acceptors (Lipinski definition) is 3. The van der Waals surface area contributed by atoms with Gasteiger partial charge in [0, 0.05) is 18.5 Å². The van der Waals surface area contributed by atoms with Gasteiger partial charge in [-0.2, -0.15) is 0 Å². The molecule has 1 aromatic carbocycles. The Morgan fingerprint density at radius 3 is 2.63 bits per heavy atom. The average molecular weight is 262 g/mol. The molecule has 1 aliphatic rings. The van der Waals surface area contributed by atoms with E-state index in [0.717, 1.165) is 11.3 Å². The third kappa shape index (κ3) is 2.89. The number of benzene rings is 1. The Labute approximate surface area is 114 Å². The molecule has 0 bridgehead atoms. The Hall–Kier alpha value is -1.55. The predicted molar refractivity (Wildman–Crippen MR) is 76.0 cm³/mol. The number of carbonyl (C=O) groups excluding carboxylic acids is 1. The van der Waals surface area contributed by atoms with Gasteiger partial charge in [0.1, 0.15) is 5.54 Å². The van der Waals surface area contributed by atoms with E-state index in [2.05, 4.69) is 5.32 Å². The van der Waals surface area contributed by atoms with E-state index in [9.17, 15) is 4.79 Å². The first-order chi connectivity index (χ1) is 8.85. The average Bonchev–Trinajstić information content (AvgIpc) is 2.30. The molecule has 104 valence electrons. The van der Waals surface area contributed by atoms with Crippen molar-refractivity contribution in [1.29, 1.82) is 0 Å². The van der Waals surface area contributed by atoms with Gasteiger partial charge in [0.25, 0.3) is 0 Å². The SMILES string of the molecule is Cc1ccccc1NC1(C(N)=O)CCOC(C)(C)C1. The fraction of sp³-hybridized carbons (Fsp3) is 0.533. The van der Waals surface area contributed by atoms with Crippen LogP contribution in [0.5, 0.6) is 0 Å². The quantitative estimate of drug-likeness (QED) is 0.878. The van der Waals surface area contributed by atoms with Gasteiger partial charge in [-0.3, -0.25) is 4.79 Å². The van der Waals surface area contributed by atoms with E-state index in [1.807, 2.05) is 45.0 Å². The second-order valence-corrected chi connectivity index (χ2v) is 5.92. The van der Waals surface area contributed by atoms with E-state index in [1.165, 1.54) is 0 Å². The van der Waals surface area contributed by atoms with E-state index in [1.54, 1.807) is 0 Å². The third-order valence-corrected chi connectivity index (χ3v) is 3.74. The summed E-state index contributed by atoms with van der Waals surface area (Å²) >= 11 is 0. The second kappa shape index (κ2) is 4.85. The molecule has 1 atom stereocenters. The van der Waals surface area contributed by atoms with Gasteiger partial charge < -0.3 is 15.8 Å². The molecule has 19 heavy (non-hydrogen) atoms. The zero-order valence-corrected chi connectivity index (χ0v) is 11.8. The van der Waals surface area contributed by atoms with Crippen molar-refractivity contribution in [3.05, 3.63) is 29.8 Å². The fourth-order valence-electron chi connectivity index (χ4n) is 2.72. The van der Waals surface area contributed by atoms with Crippen LogP contribution in [0.3, 0.4) is 0 Å². The van der Waals surface area contributed by atoms with Gasteiger partial charge in [-0.25, -0.2) is 0 Å². The summed E-state index contributed by atoms with van der Waals surface area (Å²) in [4.78, 5) is 12.0. The number of carbonyl (C=O) groups is 1. The predicted octanol–water partition coefficient (Wildman–Crippen LogP) is 2.22. The molecule has 1 aromatic rings. The van der Waals surface area contributed by atoms with Gasteiger partial charge in [-0.1, -0.05) is 18.2 Å². The summed E-state index contributed by atoms with van der Waals surface area (Å²) in [6, 6.07) is 7.92. The second-order valence-electron chi connectivity index (χ2n) is 5.92. The van der Waals surface area contributed by atoms with Gasteiger partial charge in [0.2, 0.25) is 5.91 Å². The summed E-state index contributed by atoms with van der Waals surface area (Å²) in [6.45, 7) is 6.53. The molecule has 4 nitrogen and oxygen atoms in total. The van der Waals surface area contributed by atoms with Crippen LogP contribution in [-0.4, -0.2) is 23.7 Å². The van der Waals surface area contributed by atoms with Crippen LogP contribution >= 0.6 is 0 Å². The maximum absolute atomic E-state index is 12.0. The standard InChI is InChI=1S/C15H22N2O2/c1-11-6-4-5-7-12(11)17-15(13(16)18)8-9-19-14(2,3)10-15/h4-7,17H,8-10H2,1-3H3,(H2,16,18). The molecule has 0 aliphatic carbocycles. The van der Waals surface area contributed by atoms with E-state index < -0.39 is 5.54 Å². The molecule has 3 N–H and O–H groups in total. The van der Waals surface area contributed by atoms with Gasteiger partial charge >= 0.3 is 0 Å². The third-order valence-electron chi connectivity index (χ3n) is 3.74. The summed E-state index contributed by atoms with van der Waals surface area (Å²) < 4.78 is 5.69. The molecule has 1 heterocycles. The molecular formula is C15H22N2O2. The highest BCUT2D eigenvalue weighted by Gasteiger charge is 2.45. The smallest absolute Gasteiger partial charge is 0.243 e. The van der Waals surface area contributed by atoms with Crippen LogP contribution in [0.2, 0.25) is 0 Å². The maximum atomic E-state index is 12.0. The molecule has 4 heteroatoms. The van der Waals surface area contributed by atoms with Crippen LogP contribution in [0, 0.1) is 6.92 Å². The summed E-state index contributed by atoms with van der Waals surface area (Å²) in [5.74, 6) is -0.313. The Morgan fingerprint density at radius 1 is 1.37 bits per heavy atom. The van der Waals surface area contributed by atoms with E-state index >= 15 is 0 Å². The van der Waals surface area contributed by atoms with Crippen LogP contribution in [0.15, 0.2) is 24.3 Å². The van der Waals surface area contributed by atoms with Gasteiger partial charge in [-0.05, 0) is 32.4 Å². The Bertz CT molecular complexity index is 485. The number of ether oxygens (including phenoxy) is 1. The highest BCUT2D eigenvalue weighted by Crippen LogP contribution is 2.35. The highest BCUT2D eigenvalue weighted by molar-refractivity contribution is 5.88. The van der Waals surface area contributed by atoms with Crippen molar-refractivity contribution in [2.45, 2.75) is 44.8 Å². The number of nitrogens with two attached hydrogens (primary N) is 1. The topological polar surface area (TPSA) is 64.3 Å². The number of anilines is 1. The van der Waals surface area contributed by atoms with Crippen LogP contribution in [-0.2, 0) is 9.53 Å². The lowest BCUT2D eigenvalue weighted by Gasteiger charge is -2.44. The molecule has 0 aromatic heterocycles. The van der Waals surface area contributed by atoms with Gasteiger partial charge in [0.05, 0.1) is 12.2 Å². The summed E-state index contributed by atoms with van der Waals surface area (Å²) in [5.41, 5.74) is 6.65. The Morgan fingerprint density at radius 2 is 2.05 bits per heavy atom. The Kier molecular flexibility index (Phi) is 3.54. The molecule has 0 radical (unpaired) electrons. The summed E-state index contributed by atoms with van der Waals surface area (Å²) in [5, 5.41) is 3.36. The zero-order chi connectivity index (χ0) is 14.1. The van der Waals surface area contributed by atoms with E-state index in [-0.39, 0.29) is 11.5 Å². The van der Waals surface area contributed by atoms with Crippen molar-refractivity contribution in [3.63, 3.8) is 0 Å². The summed E-state index contributed by atoms with van der Waals surface area (Å²) in [6.07, 6.45) is 1.17. The number of para-hydroxylation sites is 1.